The Morgan fingerprint density at radius 2 is 1.85 bits per heavy atom. The third kappa shape index (κ3) is 3.10. The van der Waals surface area contributed by atoms with Gasteiger partial charge in [0.2, 0.25) is 15.9 Å². The molecule has 0 aliphatic carbocycles. The minimum absolute atomic E-state index is 0.0524. The van der Waals surface area contributed by atoms with Crippen molar-refractivity contribution < 1.29 is 22.4 Å². The third-order valence-corrected chi connectivity index (χ3v) is 5.81. The summed E-state index contributed by atoms with van der Waals surface area (Å²) in [6.45, 7) is 0. The van der Waals surface area contributed by atoms with Crippen LogP contribution in [0.4, 0.5) is 11.4 Å². The summed E-state index contributed by atoms with van der Waals surface area (Å²) >= 11 is 0. The minimum Gasteiger partial charge on any atom is -0.408 e. The van der Waals surface area contributed by atoms with E-state index in [0.29, 0.717) is 16.8 Å². The predicted molar refractivity (Wildman–Crippen MR) is 97.1 cm³/mol. The monoisotopic (exact) mass is 387 g/mol. The number of hydrogen-bond acceptors (Lipinski definition) is 6. The Bertz CT molecular complexity index is 1220. The van der Waals surface area contributed by atoms with Crippen molar-refractivity contribution in [3.8, 4) is 0 Å². The summed E-state index contributed by atoms with van der Waals surface area (Å²) in [5.41, 5.74) is 1.76. The van der Waals surface area contributed by atoms with Crippen LogP contribution >= 0.6 is 0 Å². The van der Waals surface area contributed by atoms with Gasteiger partial charge in [0.25, 0.3) is 5.91 Å². The Hall–Kier alpha value is -3.40. The Morgan fingerprint density at radius 3 is 2.52 bits per heavy atom. The number of nitrogens with zero attached hydrogens (tertiary/aromatic N) is 1. The van der Waals surface area contributed by atoms with Gasteiger partial charge in [-0.3, -0.25) is 14.6 Å². The smallest absolute Gasteiger partial charge is 0.408 e. The summed E-state index contributed by atoms with van der Waals surface area (Å²) in [5, 5.41) is 2.67. The van der Waals surface area contributed by atoms with Crippen molar-refractivity contribution in [2.75, 3.05) is 15.4 Å². The van der Waals surface area contributed by atoms with Crippen LogP contribution in [0.5, 0.6) is 0 Å². The summed E-state index contributed by atoms with van der Waals surface area (Å²) in [6, 6.07) is 10.4. The lowest BCUT2D eigenvalue weighted by molar-refractivity contribution is -0.116. The van der Waals surface area contributed by atoms with Crippen LogP contribution in [0.2, 0.25) is 0 Å². The van der Waals surface area contributed by atoms with Gasteiger partial charge < -0.3 is 9.73 Å². The summed E-state index contributed by atoms with van der Waals surface area (Å²) in [4.78, 5) is 37.8. The Labute approximate surface area is 152 Å². The molecule has 1 aliphatic heterocycles. The maximum atomic E-state index is 12.4. The first-order chi connectivity index (χ1) is 12.8. The number of anilines is 2. The first-order valence-corrected chi connectivity index (χ1v) is 9.54. The van der Waals surface area contributed by atoms with Gasteiger partial charge in [-0.2, -0.15) is 0 Å². The summed E-state index contributed by atoms with van der Waals surface area (Å²) in [6.07, 6.45) is -0.0524. The van der Waals surface area contributed by atoms with Crippen LogP contribution in [-0.4, -0.2) is 31.0 Å². The molecule has 2 N–H and O–H groups in total. The van der Waals surface area contributed by atoms with E-state index in [1.54, 1.807) is 18.2 Å². The first kappa shape index (κ1) is 17.0. The number of oxazole rings is 1. The minimum atomic E-state index is -3.64. The number of amides is 2. The molecule has 1 aromatic heterocycles. The molecule has 2 heterocycles. The molecule has 2 aromatic carbocycles. The highest BCUT2D eigenvalue weighted by Crippen LogP contribution is 2.25. The molecule has 10 heteroatoms. The topological polar surface area (TPSA) is 130 Å². The van der Waals surface area contributed by atoms with E-state index in [2.05, 4.69) is 10.3 Å². The lowest BCUT2D eigenvalue weighted by Gasteiger charge is -2.15. The lowest BCUT2D eigenvalue weighted by Crippen LogP contribution is -2.29. The van der Waals surface area contributed by atoms with Gasteiger partial charge in [0.05, 0.1) is 17.0 Å². The molecule has 3 aromatic rings. The second-order valence-corrected chi connectivity index (χ2v) is 7.89. The molecule has 0 saturated carbocycles. The number of carbonyl (C=O) groups is 2. The Balaban J connectivity index is 1.55. The number of benzene rings is 2. The zero-order valence-corrected chi connectivity index (χ0v) is 14.6. The number of aromatic amines is 1. The van der Waals surface area contributed by atoms with E-state index in [0.717, 1.165) is 4.31 Å². The molecular formula is C17H13N3O6S. The van der Waals surface area contributed by atoms with E-state index in [4.69, 9.17) is 4.42 Å². The van der Waals surface area contributed by atoms with Gasteiger partial charge in [-0.25, -0.2) is 17.5 Å². The maximum absolute atomic E-state index is 12.4. The molecule has 1 fully saturated rings. The number of nitrogens with one attached hydrogen (secondary N) is 2. The molecule has 2 amide bonds. The van der Waals surface area contributed by atoms with Crippen molar-refractivity contribution in [1.82, 2.24) is 4.98 Å². The van der Waals surface area contributed by atoms with Gasteiger partial charge in [0.1, 0.15) is 0 Å². The third-order valence-electron chi connectivity index (χ3n) is 4.12. The van der Waals surface area contributed by atoms with Crippen LogP contribution in [0.3, 0.4) is 0 Å². The second-order valence-electron chi connectivity index (χ2n) is 5.95. The normalized spacial score (nSPS) is 16.0. The molecule has 27 heavy (non-hydrogen) atoms. The van der Waals surface area contributed by atoms with Crippen molar-refractivity contribution in [2.45, 2.75) is 6.42 Å². The van der Waals surface area contributed by atoms with Crippen LogP contribution in [0, 0.1) is 0 Å². The molecule has 0 radical (unpaired) electrons. The fourth-order valence-electron chi connectivity index (χ4n) is 2.85. The number of H-pyrrole nitrogens is 1. The van der Waals surface area contributed by atoms with E-state index >= 15 is 0 Å². The fourth-order valence-corrected chi connectivity index (χ4v) is 4.31. The average Bonchev–Trinajstić information content (AvgIpc) is 3.12. The van der Waals surface area contributed by atoms with Crippen LogP contribution in [0.15, 0.2) is 51.7 Å². The Kier molecular flexibility index (Phi) is 3.84. The van der Waals surface area contributed by atoms with Crippen molar-refractivity contribution in [2.24, 2.45) is 0 Å². The molecule has 4 rings (SSSR count). The number of rotatable bonds is 3. The number of fused-ring (bicyclic) bond motifs is 1. The van der Waals surface area contributed by atoms with E-state index in [-0.39, 0.29) is 23.4 Å². The van der Waals surface area contributed by atoms with E-state index in [9.17, 15) is 22.8 Å². The van der Waals surface area contributed by atoms with Crippen molar-refractivity contribution in [3.63, 3.8) is 0 Å². The highest BCUT2D eigenvalue weighted by Gasteiger charge is 2.36. The fraction of sp³-hybridized carbons (Fsp3) is 0.118. The predicted octanol–water partition coefficient (Wildman–Crippen LogP) is 1.44. The molecular weight excluding hydrogens is 374 g/mol. The second kappa shape index (κ2) is 6.09. The summed E-state index contributed by atoms with van der Waals surface area (Å²) in [5.74, 6) is -1.72. The number of aromatic nitrogens is 1. The van der Waals surface area contributed by atoms with E-state index in [1.807, 2.05) is 0 Å². The zero-order valence-electron chi connectivity index (χ0n) is 13.8. The summed E-state index contributed by atoms with van der Waals surface area (Å²) in [7, 11) is -3.64. The van der Waals surface area contributed by atoms with Crippen molar-refractivity contribution in [1.29, 1.82) is 0 Å². The van der Waals surface area contributed by atoms with Gasteiger partial charge in [-0.1, -0.05) is 0 Å². The van der Waals surface area contributed by atoms with Crippen LogP contribution in [0.25, 0.3) is 11.1 Å². The number of sulfonamides is 1. The van der Waals surface area contributed by atoms with Crippen molar-refractivity contribution in [3.05, 3.63) is 58.6 Å². The molecule has 0 atom stereocenters. The lowest BCUT2D eigenvalue weighted by atomic mass is 10.2. The quantitative estimate of drug-likeness (QED) is 0.699. The van der Waals surface area contributed by atoms with E-state index < -0.39 is 27.6 Å². The molecule has 9 nitrogen and oxygen atoms in total. The standard InChI is InChI=1S/C17H13N3O6S/c21-15-7-8-27(24,25)20(15)12-4-1-10(2-5-12)16(22)18-11-3-6-14-13(9-11)19-17(23)26-14/h1-6,9H,7-8H2,(H,18,22)(H,19,23). The van der Waals surface area contributed by atoms with Crippen LogP contribution < -0.4 is 15.4 Å². The van der Waals surface area contributed by atoms with Crippen LogP contribution in [0.1, 0.15) is 16.8 Å². The molecule has 0 unspecified atom stereocenters. The molecule has 1 saturated heterocycles. The number of carbonyl (C=O) groups excluding carboxylic acids is 2. The van der Waals surface area contributed by atoms with Gasteiger partial charge >= 0.3 is 5.76 Å². The zero-order chi connectivity index (χ0) is 19.2. The van der Waals surface area contributed by atoms with E-state index in [1.165, 1.54) is 24.3 Å². The highest BCUT2D eigenvalue weighted by molar-refractivity contribution is 7.94. The van der Waals surface area contributed by atoms with Crippen molar-refractivity contribution >= 4 is 44.3 Å². The molecule has 138 valence electrons. The van der Waals surface area contributed by atoms with Gasteiger partial charge in [0.15, 0.2) is 5.58 Å². The highest BCUT2D eigenvalue weighted by atomic mass is 32.2. The number of hydrogen-bond donors (Lipinski definition) is 2. The molecule has 0 spiro atoms. The maximum Gasteiger partial charge on any atom is 0.417 e. The Morgan fingerprint density at radius 1 is 1.11 bits per heavy atom. The average molecular weight is 387 g/mol. The molecule has 1 aliphatic rings. The van der Waals surface area contributed by atoms with Crippen LogP contribution in [-0.2, 0) is 14.8 Å². The van der Waals surface area contributed by atoms with Gasteiger partial charge in [-0.05, 0) is 42.5 Å². The SMILES string of the molecule is O=C(Nc1ccc2oc(=O)[nH]c2c1)c1ccc(N2C(=O)CCS2(=O)=O)cc1. The van der Waals surface area contributed by atoms with Gasteiger partial charge in [-0.15, -0.1) is 0 Å². The van der Waals surface area contributed by atoms with Gasteiger partial charge in [0, 0.05) is 17.7 Å². The first-order valence-electron chi connectivity index (χ1n) is 7.94. The summed E-state index contributed by atoms with van der Waals surface area (Å²) < 4.78 is 29.5. The largest absolute Gasteiger partial charge is 0.417 e. The molecule has 0 bridgehead atoms.